The number of hydrogen-bond donors (Lipinski definition) is 0. The van der Waals surface area contributed by atoms with E-state index in [9.17, 15) is 0 Å². The van der Waals surface area contributed by atoms with Crippen LogP contribution in [0.2, 0.25) is 0 Å². The van der Waals surface area contributed by atoms with Crippen LogP contribution in [0.15, 0.2) is 66.7 Å². The SMILES string of the molecule is C[N+]1(C)[C@@H]2CC[C@H]1CC(C=C(c1ccccc1)c1ccccc1)C2. The molecule has 2 aliphatic rings. The molecule has 1 heteroatoms. The van der Waals surface area contributed by atoms with Gasteiger partial charge in [-0.2, -0.15) is 0 Å². The molecule has 0 amide bonds. The van der Waals surface area contributed by atoms with Crippen molar-refractivity contribution in [3.8, 4) is 0 Å². The highest BCUT2D eigenvalue weighted by Crippen LogP contribution is 2.43. The molecule has 124 valence electrons. The molecule has 2 aromatic rings. The van der Waals surface area contributed by atoms with Crippen LogP contribution in [0.1, 0.15) is 36.8 Å². The van der Waals surface area contributed by atoms with Gasteiger partial charge in [-0.05, 0) is 22.6 Å². The zero-order chi connectivity index (χ0) is 16.6. The summed E-state index contributed by atoms with van der Waals surface area (Å²) in [7, 11) is 4.88. The second kappa shape index (κ2) is 6.22. The number of allylic oxidation sites excluding steroid dienone is 1. The molecular formula is C23H28N+. The number of nitrogens with zero attached hydrogens (tertiary/aromatic N) is 1. The zero-order valence-corrected chi connectivity index (χ0v) is 14.9. The van der Waals surface area contributed by atoms with Crippen LogP contribution in [-0.4, -0.2) is 30.7 Å². The van der Waals surface area contributed by atoms with Crippen molar-refractivity contribution in [3.63, 3.8) is 0 Å². The molecular weight excluding hydrogens is 290 g/mol. The Morgan fingerprint density at radius 1 is 0.792 bits per heavy atom. The molecule has 4 rings (SSSR count). The number of hydrogen-bond acceptors (Lipinski definition) is 0. The van der Waals surface area contributed by atoms with Crippen molar-refractivity contribution < 1.29 is 4.48 Å². The van der Waals surface area contributed by atoms with Gasteiger partial charge in [-0.3, -0.25) is 0 Å². The number of piperidine rings is 1. The normalized spacial score (nSPS) is 27.7. The standard InChI is InChI=1S/C23H28N/c1-24(2)21-13-14-22(24)16-18(15-21)17-23(19-9-5-3-6-10-19)20-11-7-4-8-12-20/h3-12,17-18,21-22H,13-16H2,1-2H3/q+1/t18?,21-,22+. The fraction of sp³-hybridized carbons (Fsp3) is 0.391. The maximum absolute atomic E-state index is 2.58. The lowest BCUT2D eigenvalue weighted by Crippen LogP contribution is -2.54. The Kier molecular flexibility index (Phi) is 4.05. The van der Waals surface area contributed by atoms with Gasteiger partial charge in [-0.25, -0.2) is 0 Å². The summed E-state index contributed by atoms with van der Waals surface area (Å²) in [5.74, 6) is 0.712. The van der Waals surface area contributed by atoms with E-state index in [1.165, 1.54) is 46.9 Å². The first-order chi connectivity index (χ1) is 11.6. The molecule has 0 saturated carbocycles. The largest absolute Gasteiger partial charge is 0.324 e. The molecule has 0 aromatic heterocycles. The first-order valence-corrected chi connectivity index (χ1v) is 9.30. The van der Waals surface area contributed by atoms with Crippen LogP contribution in [-0.2, 0) is 0 Å². The van der Waals surface area contributed by atoms with Crippen molar-refractivity contribution in [2.75, 3.05) is 14.1 Å². The quantitative estimate of drug-likeness (QED) is 0.688. The minimum Gasteiger partial charge on any atom is -0.324 e. The van der Waals surface area contributed by atoms with E-state index in [2.05, 4.69) is 80.8 Å². The maximum atomic E-state index is 2.58. The Morgan fingerprint density at radius 3 is 1.71 bits per heavy atom. The molecule has 2 aromatic carbocycles. The molecule has 0 N–H and O–H groups in total. The summed E-state index contributed by atoms with van der Waals surface area (Å²) in [6.45, 7) is 0. The highest BCUT2D eigenvalue weighted by atomic mass is 15.4. The van der Waals surface area contributed by atoms with E-state index in [1.807, 2.05) is 0 Å². The third-order valence-electron chi connectivity index (χ3n) is 6.44. The number of fused-ring (bicyclic) bond motifs is 2. The molecule has 0 radical (unpaired) electrons. The number of quaternary nitrogens is 1. The molecule has 2 saturated heterocycles. The van der Waals surface area contributed by atoms with Crippen molar-refractivity contribution in [2.24, 2.45) is 5.92 Å². The predicted octanol–water partition coefficient (Wildman–Crippen LogP) is 5.14. The third kappa shape index (κ3) is 2.82. The van der Waals surface area contributed by atoms with Crippen LogP contribution in [0.4, 0.5) is 0 Å². The summed E-state index contributed by atoms with van der Waals surface area (Å²) < 4.78 is 1.25. The highest BCUT2D eigenvalue weighted by Gasteiger charge is 2.48. The molecule has 2 fully saturated rings. The van der Waals surface area contributed by atoms with Crippen LogP contribution in [0.3, 0.4) is 0 Å². The second-order valence-electron chi connectivity index (χ2n) is 8.06. The van der Waals surface area contributed by atoms with Crippen LogP contribution in [0.25, 0.3) is 5.57 Å². The first kappa shape index (κ1) is 15.7. The summed E-state index contributed by atoms with van der Waals surface area (Å²) in [5, 5.41) is 0. The van der Waals surface area contributed by atoms with Gasteiger partial charge in [0.2, 0.25) is 0 Å². The Morgan fingerprint density at radius 2 is 1.25 bits per heavy atom. The van der Waals surface area contributed by atoms with Crippen LogP contribution in [0.5, 0.6) is 0 Å². The van der Waals surface area contributed by atoms with E-state index in [0.717, 1.165) is 12.1 Å². The molecule has 24 heavy (non-hydrogen) atoms. The Balaban J connectivity index is 1.69. The predicted molar refractivity (Wildman–Crippen MR) is 102 cm³/mol. The van der Waals surface area contributed by atoms with Gasteiger partial charge >= 0.3 is 0 Å². The minimum atomic E-state index is 0.712. The van der Waals surface area contributed by atoms with Gasteiger partial charge in [-0.15, -0.1) is 0 Å². The molecule has 2 heterocycles. The van der Waals surface area contributed by atoms with Crippen molar-refractivity contribution in [3.05, 3.63) is 77.9 Å². The van der Waals surface area contributed by atoms with Crippen LogP contribution in [0, 0.1) is 5.92 Å². The summed E-state index contributed by atoms with van der Waals surface area (Å²) in [6, 6.07) is 23.5. The summed E-state index contributed by atoms with van der Waals surface area (Å²) >= 11 is 0. The first-order valence-electron chi connectivity index (χ1n) is 9.30. The molecule has 0 spiro atoms. The van der Waals surface area contributed by atoms with Crippen LogP contribution < -0.4 is 0 Å². The fourth-order valence-electron chi connectivity index (χ4n) is 4.89. The van der Waals surface area contributed by atoms with Gasteiger partial charge in [-0.1, -0.05) is 66.7 Å². The van der Waals surface area contributed by atoms with Crippen molar-refractivity contribution in [2.45, 2.75) is 37.8 Å². The van der Waals surface area contributed by atoms with E-state index < -0.39 is 0 Å². The topological polar surface area (TPSA) is 0 Å². The maximum Gasteiger partial charge on any atom is 0.0896 e. The Labute approximate surface area is 146 Å². The average Bonchev–Trinajstić information content (AvgIpc) is 2.79. The minimum absolute atomic E-state index is 0.712. The summed E-state index contributed by atoms with van der Waals surface area (Å²) in [4.78, 5) is 0. The van der Waals surface area contributed by atoms with E-state index in [1.54, 1.807) is 0 Å². The monoisotopic (exact) mass is 318 g/mol. The van der Waals surface area contributed by atoms with Crippen molar-refractivity contribution in [1.82, 2.24) is 0 Å². The third-order valence-corrected chi connectivity index (χ3v) is 6.44. The molecule has 3 atom stereocenters. The smallest absolute Gasteiger partial charge is 0.0896 e. The van der Waals surface area contributed by atoms with Gasteiger partial charge in [0.25, 0.3) is 0 Å². The average molecular weight is 318 g/mol. The molecule has 1 nitrogen and oxygen atoms in total. The number of rotatable bonds is 3. The molecule has 1 unspecified atom stereocenters. The van der Waals surface area contributed by atoms with E-state index in [0.29, 0.717) is 5.92 Å². The second-order valence-corrected chi connectivity index (χ2v) is 8.06. The Bertz CT molecular complexity index is 657. The van der Waals surface area contributed by atoms with Crippen molar-refractivity contribution in [1.29, 1.82) is 0 Å². The highest BCUT2D eigenvalue weighted by molar-refractivity contribution is 5.79. The van der Waals surface area contributed by atoms with Crippen molar-refractivity contribution >= 4 is 5.57 Å². The lowest BCUT2D eigenvalue weighted by atomic mass is 9.85. The molecule has 2 bridgehead atoms. The molecule has 2 aliphatic heterocycles. The van der Waals surface area contributed by atoms with E-state index in [-0.39, 0.29) is 0 Å². The van der Waals surface area contributed by atoms with Gasteiger partial charge in [0.15, 0.2) is 0 Å². The van der Waals surface area contributed by atoms with Gasteiger partial charge < -0.3 is 4.48 Å². The van der Waals surface area contributed by atoms with E-state index >= 15 is 0 Å². The van der Waals surface area contributed by atoms with Crippen LogP contribution >= 0.6 is 0 Å². The Hall–Kier alpha value is -1.86. The zero-order valence-electron chi connectivity index (χ0n) is 14.9. The fourth-order valence-corrected chi connectivity index (χ4v) is 4.89. The van der Waals surface area contributed by atoms with E-state index in [4.69, 9.17) is 0 Å². The lowest BCUT2D eigenvalue weighted by Gasteiger charge is -2.44. The summed E-state index contributed by atoms with van der Waals surface area (Å²) in [6.07, 6.45) is 8.08. The number of benzene rings is 2. The van der Waals surface area contributed by atoms with Gasteiger partial charge in [0.1, 0.15) is 0 Å². The lowest BCUT2D eigenvalue weighted by molar-refractivity contribution is -0.931. The van der Waals surface area contributed by atoms with Gasteiger partial charge in [0, 0.05) is 25.7 Å². The molecule has 0 aliphatic carbocycles. The summed E-state index contributed by atoms with van der Waals surface area (Å²) in [5.41, 5.74) is 4.10. The van der Waals surface area contributed by atoms with Gasteiger partial charge in [0.05, 0.1) is 26.2 Å².